The lowest BCUT2D eigenvalue weighted by atomic mass is 9.94. The smallest absolute Gasteiger partial charge is 0.165 e. The predicted octanol–water partition coefficient (Wildman–Crippen LogP) is 5.28. The first-order chi connectivity index (χ1) is 10.1. The zero-order chi connectivity index (χ0) is 15.2. The monoisotopic (exact) mass is 370 g/mol. The quantitative estimate of drug-likeness (QED) is 0.627. The molecular weight excluding hydrogens is 355 g/mol. The molecule has 1 nitrogen and oxygen atoms in total. The van der Waals surface area contributed by atoms with Crippen molar-refractivity contribution in [1.82, 2.24) is 0 Å². The number of halogens is 3. The van der Waals surface area contributed by atoms with Crippen LogP contribution < -0.4 is 4.74 Å². The van der Waals surface area contributed by atoms with Gasteiger partial charge in [0.05, 0.1) is 7.11 Å². The summed E-state index contributed by atoms with van der Waals surface area (Å²) in [7, 11) is 1.47. The minimum Gasteiger partial charge on any atom is -0.494 e. The average Bonchev–Trinajstić information content (AvgIpc) is 2.49. The maximum atomic E-state index is 13.7. The summed E-state index contributed by atoms with van der Waals surface area (Å²) in [5.74, 6) is 0.376. The van der Waals surface area contributed by atoms with E-state index in [0.717, 1.165) is 28.8 Å². The maximum absolute atomic E-state index is 13.7. The predicted molar refractivity (Wildman–Crippen MR) is 89.1 cm³/mol. The number of hydrogen-bond acceptors (Lipinski definition) is 1. The number of methoxy groups -OCH3 is 1. The second kappa shape index (κ2) is 7.81. The minimum absolute atomic E-state index is 0.284. The van der Waals surface area contributed by atoms with E-state index in [1.54, 1.807) is 12.1 Å². The number of alkyl halides is 1. The zero-order valence-corrected chi connectivity index (χ0v) is 14.1. The molecule has 0 heterocycles. The van der Waals surface area contributed by atoms with Gasteiger partial charge >= 0.3 is 0 Å². The highest BCUT2D eigenvalue weighted by Crippen LogP contribution is 2.22. The number of rotatable bonds is 6. The van der Waals surface area contributed by atoms with Gasteiger partial charge in [0, 0.05) is 10.4 Å². The molecule has 0 saturated heterocycles. The van der Waals surface area contributed by atoms with Crippen LogP contribution >= 0.6 is 27.5 Å². The molecule has 0 saturated carbocycles. The Bertz CT molecular complexity index is 586. The highest BCUT2D eigenvalue weighted by molar-refractivity contribution is 9.09. The van der Waals surface area contributed by atoms with Gasteiger partial charge in [-0.05, 0) is 54.2 Å². The number of benzene rings is 2. The Balaban J connectivity index is 2.05. The van der Waals surface area contributed by atoms with Crippen molar-refractivity contribution in [2.75, 3.05) is 12.4 Å². The standard InChI is InChI=1S/C17H17BrClFO/c1-21-17-7-4-13(10-16(17)20)9-14(11-18)8-12-2-5-15(19)6-3-12/h2-7,10,14H,8-9,11H2,1H3. The van der Waals surface area contributed by atoms with Gasteiger partial charge in [0.25, 0.3) is 0 Å². The lowest BCUT2D eigenvalue weighted by Gasteiger charge is -2.15. The fourth-order valence-corrected chi connectivity index (χ4v) is 2.89. The molecular formula is C17H17BrClFO. The molecule has 0 aliphatic heterocycles. The summed E-state index contributed by atoms with van der Waals surface area (Å²) in [6, 6.07) is 13.0. The van der Waals surface area contributed by atoms with E-state index in [2.05, 4.69) is 15.9 Å². The zero-order valence-electron chi connectivity index (χ0n) is 11.8. The van der Waals surface area contributed by atoms with Crippen molar-refractivity contribution in [2.24, 2.45) is 5.92 Å². The molecule has 0 spiro atoms. The van der Waals surface area contributed by atoms with Crippen LogP contribution in [0.3, 0.4) is 0 Å². The highest BCUT2D eigenvalue weighted by Gasteiger charge is 2.11. The van der Waals surface area contributed by atoms with Gasteiger partial charge < -0.3 is 4.74 Å². The topological polar surface area (TPSA) is 9.23 Å². The molecule has 2 rings (SSSR count). The molecule has 0 N–H and O–H groups in total. The van der Waals surface area contributed by atoms with Crippen molar-refractivity contribution >= 4 is 27.5 Å². The Kier molecular flexibility index (Phi) is 6.07. The number of ether oxygens (including phenoxy) is 1. The van der Waals surface area contributed by atoms with E-state index < -0.39 is 0 Å². The van der Waals surface area contributed by atoms with Gasteiger partial charge in [-0.2, -0.15) is 0 Å². The van der Waals surface area contributed by atoms with E-state index in [1.165, 1.54) is 12.7 Å². The van der Waals surface area contributed by atoms with Crippen molar-refractivity contribution in [2.45, 2.75) is 12.8 Å². The average molecular weight is 372 g/mol. The van der Waals surface area contributed by atoms with Gasteiger partial charge in [0.15, 0.2) is 11.6 Å². The molecule has 21 heavy (non-hydrogen) atoms. The van der Waals surface area contributed by atoms with Crippen molar-refractivity contribution in [3.8, 4) is 5.75 Å². The van der Waals surface area contributed by atoms with Crippen LogP contribution in [-0.2, 0) is 12.8 Å². The summed E-state index contributed by atoms with van der Waals surface area (Å²) in [4.78, 5) is 0. The molecule has 2 aromatic carbocycles. The molecule has 0 bridgehead atoms. The summed E-state index contributed by atoms with van der Waals surface area (Å²) >= 11 is 9.44. The van der Waals surface area contributed by atoms with Gasteiger partial charge in [-0.15, -0.1) is 0 Å². The summed E-state index contributed by atoms with van der Waals surface area (Å²) in [5.41, 5.74) is 2.21. The fourth-order valence-electron chi connectivity index (χ4n) is 2.31. The van der Waals surface area contributed by atoms with Crippen LogP contribution in [0.2, 0.25) is 5.02 Å². The molecule has 0 aromatic heterocycles. The minimum atomic E-state index is -0.310. The van der Waals surface area contributed by atoms with Crippen LogP contribution in [-0.4, -0.2) is 12.4 Å². The fraction of sp³-hybridized carbons (Fsp3) is 0.294. The maximum Gasteiger partial charge on any atom is 0.165 e. The Morgan fingerprint density at radius 2 is 1.71 bits per heavy atom. The van der Waals surface area contributed by atoms with Crippen LogP contribution in [0.1, 0.15) is 11.1 Å². The summed E-state index contributed by atoms with van der Waals surface area (Å²) < 4.78 is 18.7. The van der Waals surface area contributed by atoms with Crippen LogP contribution in [0.25, 0.3) is 0 Å². The molecule has 112 valence electrons. The van der Waals surface area contributed by atoms with Gasteiger partial charge in [-0.3, -0.25) is 0 Å². The Morgan fingerprint density at radius 3 is 2.29 bits per heavy atom. The Hall–Kier alpha value is -1.06. The third-order valence-electron chi connectivity index (χ3n) is 3.40. The van der Waals surface area contributed by atoms with Crippen molar-refractivity contribution < 1.29 is 9.13 Å². The van der Waals surface area contributed by atoms with E-state index in [9.17, 15) is 4.39 Å². The first-order valence-electron chi connectivity index (χ1n) is 6.75. The van der Waals surface area contributed by atoms with E-state index in [4.69, 9.17) is 16.3 Å². The molecule has 0 aliphatic carbocycles. The third kappa shape index (κ3) is 4.72. The molecule has 0 aliphatic rings. The molecule has 0 radical (unpaired) electrons. The first-order valence-corrected chi connectivity index (χ1v) is 8.25. The van der Waals surface area contributed by atoms with Crippen molar-refractivity contribution in [3.63, 3.8) is 0 Å². The van der Waals surface area contributed by atoms with Crippen molar-refractivity contribution in [3.05, 3.63) is 64.4 Å². The lowest BCUT2D eigenvalue weighted by Crippen LogP contribution is -2.10. The van der Waals surface area contributed by atoms with Crippen LogP contribution in [0.5, 0.6) is 5.75 Å². The van der Waals surface area contributed by atoms with Crippen LogP contribution in [0.4, 0.5) is 4.39 Å². The second-order valence-corrected chi connectivity index (χ2v) is 6.11. The summed E-state index contributed by atoms with van der Waals surface area (Å²) in [6.45, 7) is 0. The molecule has 4 heteroatoms. The van der Waals surface area contributed by atoms with E-state index >= 15 is 0 Å². The Morgan fingerprint density at radius 1 is 1.10 bits per heavy atom. The Labute approximate surface area is 138 Å². The van der Waals surface area contributed by atoms with Crippen LogP contribution in [0.15, 0.2) is 42.5 Å². The molecule has 0 fully saturated rings. The van der Waals surface area contributed by atoms with Crippen LogP contribution in [0, 0.1) is 11.7 Å². The molecule has 0 amide bonds. The summed E-state index contributed by atoms with van der Waals surface area (Å²) in [6.07, 6.45) is 1.74. The molecule has 1 atom stereocenters. The normalized spacial score (nSPS) is 12.2. The van der Waals surface area contributed by atoms with Gasteiger partial charge in [-0.1, -0.05) is 45.7 Å². The van der Waals surface area contributed by atoms with Crippen molar-refractivity contribution in [1.29, 1.82) is 0 Å². The summed E-state index contributed by atoms with van der Waals surface area (Å²) in [5, 5.41) is 1.61. The van der Waals surface area contributed by atoms with Gasteiger partial charge in [0.1, 0.15) is 0 Å². The largest absolute Gasteiger partial charge is 0.494 e. The lowest BCUT2D eigenvalue weighted by molar-refractivity contribution is 0.386. The second-order valence-electron chi connectivity index (χ2n) is 5.02. The van der Waals surface area contributed by atoms with E-state index in [1.807, 2.05) is 30.3 Å². The highest BCUT2D eigenvalue weighted by atomic mass is 79.9. The van der Waals surface area contributed by atoms with E-state index in [-0.39, 0.29) is 11.6 Å². The number of hydrogen-bond donors (Lipinski definition) is 0. The van der Waals surface area contributed by atoms with Gasteiger partial charge in [-0.25, -0.2) is 4.39 Å². The first kappa shape index (κ1) is 16.3. The molecule has 1 unspecified atom stereocenters. The SMILES string of the molecule is COc1ccc(CC(CBr)Cc2ccc(Cl)cc2)cc1F. The third-order valence-corrected chi connectivity index (χ3v) is 4.56. The van der Waals surface area contributed by atoms with E-state index in [0.29, 0.717) is 5.92 Å². The molecule has 2 aromatic rings. The van der Waals surface area contributed by atoms with Gasteiger partial charge in [0.2, 0.25) is 0 Å².